The highest BCUT2D eigenvalue weighted by atomic mass is 16.5. The van der Waals surface area contributed by atoms with E-state index in [1.165, 1.54) is 4.68 Å². The first-order valence-corrected chi connectivity index (χ1v) is 6.57. The van der Waals surface area contributed by atoms with Gasteiger partial charge in [-0.15, -0.1) is 0 Å². The van der Waals surface area contributed by atoms with Gasteiger partial charge in [0.1, 0.15) is 5.69 Å². The van der Waals surface area contributed by atoms with E-state index in [4.69, 9.17) is 9.84 Å². The molecule has 1 N–H and O–H groups in total. The number of esters is 1. The lowest BCUT2D eigenvalue weighted by Crippen LogP contribution is -2.10. The number of rotatable bonds is 5. The number of nitrogens with zero attached hydrogens (tertiary/aromatic N) is 2. The third-order valence-corrected chi connectivity index (χ3v) is 3.01. The summed E-state index contributed by atoms with van der Waals surface area (Å²) >= 11 is 0. The van der Waals surface area contributed by atoms with Crippen LogP contribution in [0.5, 0.6) is 0 Å². The van der Waals surface area contributed by atoms with Crippen molar-refractivity contribution in [3.05, 3.63) is 41.6 Å². The van der Waals surface area contributed by atoms with Crippen LogP contribution in [0.4, 0.5) is 0 Å². The van der Waals surface area contributed by atoms with Crippen molar-refractivity contribution >= 4 is 5.97 Å². The quantitative estimate of drug-likeness (QED) is 0.844. The summed E-state index contributed by atoms with van der Waals surface area (Å²) in [7, 11) is 1.72. The molecule has 0 fully saturated rings. The third-order valence-electron chi connectivity index (χ3n) is 3.01. The molecule has 2 rings (SSSR count). The molecule has 0 radical (unpaired) electrons. The van der Waals surface area contributed by atoms with E-state index < -0.39 is 0 Å². The molecule has 0 aliphatic carbocycles. The molecular formula is C15H18N2O3. The molecule has 20 heavy (non-hydrogen) atoms. The highest BCUT2D eigenvalue weighted by Gasteiger charge is 2.14. The molecule has 0 atom stereocenters. The number of hydrogen-bond donors (Lipinski definition) is 1. The molecule has 0 saturated heterocycles. The SMILES string of the molecule is CCOC(=O)c1cc(-c2ccc(CCO)cc2)nn1C. The molecule has 5 nitrogen and oxygen atoms in total. The second kappa shape index (κ2) is 6.34. The van der Waals surface area contributed by atoms with E-state index in [0.717, 1.165) is 16.8 Å². The third kappa shape index (κ3) is 3.05. The Morgan fingerprint density at radius 3 is 2.65 bits per heavy atom. The van der Waals surface area contributed by atoms with Gasteiger partial charge in [-0.2, -0.15) is 5.10 Å². The lowest BCUT2D eigenvalue weighted by Gasteiger charge is -2.00. The molecule has 1 heterocycles. The summed E-state index contributed by atoms with van der Waals surface area (Å²) in [6.45, 7) is 2.25. The maximum Gasteiger partial charge on any atom is 0.356 e. The monoisotopic (exact) mass is 274 g/mol. The van der Waals surface area contributed by atoms with Gasteiger partial charge in [-0.3, -0.25) is 4.68 Å². The Bertz CT molecular complexity index is 588. The zero-order valence-corrected chi connectivity index (χ0v) is 11.7. The van der Waals surface area contributed by atoms with Gasteiger partial charge in [0.05, 0.1) is 12.3 Å². The first-order chi connectivity index (χ1) is 9.65. The van der Waals surface area contributed by atoms with Gasteiger partial charge in [0.2, 0.25) is 0 Å². The van der Waals surface area contributed by atoms with Gasteiger partial charge in [0.15, 0.2) is 0 Å². The van der Waals surface area contributed by atoms with E-state index in [-0.39, 0.29) is 12.6 Å². The van der Waals surface area contributed by atoms with E-state index in [0.29, 0.717) is 18.7 Å². The number of benzene rings is 1. The van der Waals surface area contributed by atoms with Crippen LogP contribution in [0.25, 0.3) is 11.3 Å². The number of aromatic nitrogens is 2. The van der Waals surface area contributed by atoms with E-state index in [9.17, 15) is 4.79 Å². The molecule has 0 amide bonds. The molecule has 5 heteroatoms. The predicted molar refractivity (Wildman–Crippen MR) is 75.4 cm³/mol. The average Bonchev–Trinajstić information content (AvgIpc) is 2.82. The van der Waals surface area contributed by atoms with Crippen LogP contribution >= 0.6 is 0 Å². The predicted octanol–water partition coefficient (Wildman–Crippen LogP) is 1.80. The summed E-state index contributed by atoms with van der Waals surface area (Å²) in [4.78, 5) is 11.7. The van der Waals surface area contributed by atoms with Crippen LogP contribution in [0.2, 0.25) is 0 Å². The van der Waals surface area contributed by atoms with Crippen LogP contribution in [0.3, 0.4) is 0 Å². The molecule has 106 valence electrons. The largest absolute Gasteiger partial charge is 0.461 e. The molecule has 2 aromatic rings. The minimum absolute atomic E-state index is 0.135. The Morgan fingerprint density at radius 1 is 1.35 bits per heavy atom. The fourth-order valence-corrected chi connectivity index (χ4v) is 1.98. The van der Waals surface area contributed by atoms with Crippen molar-refractivity contribution in [3.8, 4) is 11.3 Å². The van der Waals surface area contributed by atoms with Crippen molar-refractivity contribution in [1.29, 1.82) is 0 Å². The lowest BCUT2D eigenvalue weighted by atomic mass is 10.1. The van der Waals surface area contributed by atoms with Crippen LogP contribution in [0.15, 0.2) is 30.3 Å². The van der Waals surface area contributed by atoms with Gasteiger partial charge < -0.3 is 9.84 Å². The molecule has 0 aliphatic heterocycles. The fourth-order valence-electron chi connectivity index (χ4n) is 1.98. The zero-order chi connectivity index (χ0) is 14.5. The summed E-state index contributed by atoms with van der Waals surface area (Å²) in [6, 6.07) is 9.48. The molecule has 0 saturated carbocycles. The first-order valence-electron chi connectivity index (χ1n) is 6.57. The van der Waals surface area contributed by atoms with Crippen LogP contribution in [-0.4, -0.2) is 34.1 Å². The minimum Gasteiger partial charge on any atom is -0.461 e. The van der Waals surface area contributed by atoms with Gasteiger partial charge in [0.25, 0.3) is 0 Å². The van der Waals surface area contributed by atoms with Crippen molar-refractivity contribution in [2.45, 2.75) is 13.3 Å². The fraction of sp³-hybridized carbons (Fsp3) is 0.333. The second-order valence-electron chi connectivity index (χ2n) is 4.43. The van der Waals surface area contributed by atoms with E-state index >= 15 is 0 Å². The number of carbonyl (C=O) groups excluding carboxylic acids is 1. The molecule has 1 aromatic carbocycles. The number of carbonyl (C=O) groups is 1. The van der Waals surface area contributed by atoms with Crippen LogP contribution < -0.4 is 0 Å². The zero-order valence-electron chi connectivity index (χ0n) is 11.7. The number of aliphatic hydroxyl groups is 1. The maximum atomic E-state index is 11.7. The van der Waals surface area contributed by atoms with Gasteiger partial charge in [0, 0.05) is 19.2 Å². The van der Waals surface area contributed by atoms with Gasteiger partial charge in [-0.25, -0.2) is 4.79 Å². The standard InChI is InChI=1S/C15H18N2O3/c1-3-20-15(19)14-10-13(16-17(14)2)12-6-4-11(5-7-12)8-9-18/h4-7,10,18H,3,8-9H2,1-2H3. The Labute approximate surface area is 117 Å². The van der Waals surface area contributed by atoms with Crippen molar-refractivity contribution in [2.24, 2.45) is 7.05 Å². The highest BCUT2D eigenvalue weighted by molar-refractivity contribution is 5.89. The summed E-state index contributed by atoms with van der Waals surface area (Å²) in [5, 5.41) is 13.2. The van der Waals surface area contributed by atoms with Crippen molar-refractivity contribution in [1.82, 2.24) is 9.78 Å². The molecular weight excluding hydrogens is 256 g/mol. The topological polar surface area (TPSA) is 64.3 Å². The van der Waals surface area contributed by atoms with E-state index in [2.05, 4.69) is 5.10 Å². The Hall–Kier alpha value is -2.14. The Kier molecular flexibility index (Phi) is 4.53. The summed E-state index contributed by atoms with van der Waals surface area (Å²) in [5.74, 6) is -0.370. The van der Waals surface area contributed by atoms with Crippen LogP contribution in [0, 0.1) is 0 Å². The number of aliphatic hydroxyl groups excluding tert-OH is 1. The highest BCUT2D eigenvalue weighted by Crippen LogP contribution is 2.20. The molecule has 0 unspecified atom stereocenters. The smallest absolute Gasteiger partial charge is 0.356 e. The normalized spacial score (nSPS) is 10.6. The Morgan fingerprint density at radius 2 is 2.05 bits per heavy atom. The lowest BCUT2D eigenvalue weighted by molar-refractivity contribution is 0.0513. The molecule has 0 aliphatic rings. The second-order valence-corrected chi connectivity index (χ2v) is 4.43. The van der Waals surface area contributed by atoms with Crippen molar-refractivity contribution in [2.75, 3.05) is 13.2 Å². The summed E-state index contributed by atoms with van der Waals surface area (Å²) < 4.78 is 6.50. The van der Waals surface area contributed by atoms with E-state index in [1.807, 2.05) is 24.3 Å². The summed E-state index contributed by atoms with van der Waals surface area (Å²) in [5.41, 5.74) is 3.16. The minimum atomic E-state index is -0.370. The maximum absolute atomic E-state index is 11.7. The number of aryl methyl sites for hydroxylation is 1. The molecule has 0 spiro atoms. The van der Waals surface area contributed by atoms with E-state index in [1.54, 1.807) is 20.0 Å². The number of hydrogen-bond acceptors (Lipinski definition) is 4. The molecule has 0 bridgehead atoms. The van der Waals surface area contributed by atoms with Gasteiger partial charge >= 0.3 is 5.97 Å². The van der Waals surface area contributed by atoms with Gasteiger partial charge in [-0.05, 0) is 25.0 Å². The van der Waals surface area contributed by atoms with Crippen molar-refractivity contribution < 1.29 is 14.6 Å². The van der Waals surface area contributed by atoms with Crippen LogP contribution in [0.1, 0.15) is 23.0 Å². The van der Waals surface area contributed by atoms with Crippen molar-refractivity contribution in [3.63, 3.8) is 0 Å². The van der Waals surface area contributed by atoms with Crippen LogP contribution in [-0.2, 0) is 18.2 Å². The molecule has 1 aromatic heterocycles. The first kappa shape index (κ1) is 14.3. The number of ether oxygens (including phenoxy) is 1. The Balaban J connectivity index is 2.25. The average molecular weight is 274 g/mol. The van der Waals surface area contributed by atoms with Gasteiger partial charge in [-0.1, -0.05) is 24.3 Å². The summed E-state index contributed by atoms with van der Waals surface area (Å²) in [6.07, 6.45) is 0.635.